The van der Waals surface area contributed by atoms with Crippen molar-refractivity contribution in [1.82, 2.24) is 0 Å². The maximum atomic E-state index is 14.7. The second-order valence-electron chi connectivity index (χ2n) is 11.2. The van der Waals surface area contributed by atoms with E-state index in [1.807, 2.05) is 6.07 Å². The summed E-state index contributed by atoms with van der Waals surface area (Å²) in [5.74, 6) is -1.42. The summed E-state index contributed by atoms with van der Waals surface area (Å²) < 4.78 is 40.3. The van der Waals surface area contributed by atoms with Crippen LogP contribution in [0.1, 0.15) is 120 Å². The number of rotatable bonds is 20. The van der Waals surface area contributed by atoms with Crippen molar-refractivity contribution in [3.63, 3.8) is 0 Å². The summed E-state index contributed by atoms with van der Waals surface area (Å²) in [6, 6.07) is 16.4. The van der Waals surface area contributed by atoms with E-state index in [4.69, 9.17) is 9.47 Å². The fourth-order valence-electron chi connectivity index (χ4n) is 5.07. The number of halogens is 2. The third-order valence-corrected chi connectivity index (χ3v) is 7.66. The van der Waals surface area contributed by atoms with Crippen molar-refractivity contribution >= 4 is 5.97 Å². The molecule has 3 aromatic carbocycles. The summed E-state index contributed by atoms with van der Waals surface area (Å²) in [5.41, 5.74) is 2.63. The molecule has 0 aliphatic rings. The Hall–Kier alpha value is -3.21. The Morgan fingerprint density at radius 2 is 1.14 bits per heavy atom. The molecule has 0 unspecified atom stereocenters. The Balaban J connectivity index is 1.44. The molecule has 3 nitrogen and oxygen atoms in total. The number of carbonyl (C=O) groups excluding carboxylic acids is 1. The van der Waals surface area contributed by atoms with Gasteiger partial charge in [0.05, 0.1) is 12.2 Å². The van der Waals surface area contributed by atoms with Crippen LogP contribution in [-0.2, 0) is 6.42 Å². The van der Waals surface area contributed by atoms with Gasteiger partial charge in [-0.1, -0.05) is 115 Å². The van der Waals surface area contributed by atoms with Crippen LogP contribution in [0.5, 0.6) is 11.5 Å². The highest BCUT2D eigenvalue weighted by Crippen LogP contribution is 2.27. The monoisotopic (exact) mass is 578 g/mol. The van der Waals surface area contributed by atoms with Gasteiger partial charge in [0.2, 0.25) is 0 Å². The predicted octanol–water partition coefficient (Wildman–Crippen LogP) is 11.3. The van der Waals surface area contributed by atoms with Crippen LogP contribution < -0.4 is 9.47 Å². The molecule has 0 spiro atoms. The zero-order valence-corrected chi connectivity index (χ0v) is 25.6. The first-order valence-electron chi connectivity index (χ1n) is 16.0. The molecule has 0 atom stereocenters. The average molecular weight is 579 g/mol. The second kappa shape index (κ2) is 19.1. The Bertz CT molecular complexity index is 1210. The van der Waals surface area contributed by atoms with Crippen molar-refractivity contribution < 1.29 is 23.0 Å². The van der Waals surface area contributed by atoms with Gasteiger partial charge in [-0.25, -0.2) is 13.6 Å². The normalized spacial score (nSPS) is 11.0. The van der Waals surface area contributed by atoms with E-state index in [2.05, 4.69) is 13.8 Å². The molecule has 0 aliphatic heterocycles. The van der Waals surface area contributed by atoms with Crippen molar-refractivity contribution in [2.24, 2.45) is 0 Å². The lowest BCUT2D eigenvalue weighted by molar-refractivity contribution is 0.0728. The van der Waals surface area contributed by atoms with Crippen LogP contribution in [0.15, 0.2) is 60.7 Å². The molecule has 0 heterocycles. The number of ether oxygens (including phenoxy) is 2. The average Bonchev–Trinajstić information content (AvgIpc) is 3.00. The van der Waals surface area contributed by atoms with Crippen LogP contribution in [0, 0.1) is 11.6 Å². The molecule has 0 aromatic heterocycles. The van der Waals surface area contributed by atoms with Gasteiger partial charge in [-0.15, -0.1) is 0 Å². The molecule has 0 fully saturated rings. The lowest BCUT2D eigenvalue weighted by Gasteiger charge is -2.10. The number of hydrogen-bond acceptors (Lipinski definition) is 3. The Kier molecular flexibility index (Phi) is 15.1. The van der Waals surface area contributed by atoms with Gasteiger partial charge in [-0.2, -0.15) is 0 Å². The zero-order chi connectivity index (χ0) is 30.0. The highest BCUT2D eigenvalue weighted by atomic mass is 19.1. The van der Waals surface area contributed by atoms with Crippen molar-refractivity contribution in [3.8, 4) is 22.6 Å². The molecule has 0 aliphatic carbocycles. The van der Waals surface area contributed by atoms with Gasteiger partial charge in [0.25, 0.3) is 0 Å². The Morgan fingerprint density at radius 1 is 0.595 bits per heavy atom. The number of esters is 1. The number of hydrogen-bond donors (Lipinski definition) is 0. The van der Waals surface area contributed by atoms with Gasteiger partial charge in [0.15, 0.2) is 23.1 Å². The molecule has 228 valence electrons. The van der Waals surface area contributed by atoms with Crippen LogP contribution in [0.3, 0.4) is 0 Å². The molecule has 42 heavy (non-hydrogen) atoms. The second-order valence-corrected chi connectivity index (χ2v) is 11.2. The van der Waals surface area contributed by atoms with E-state index in [9.17, 15) is 13.6 Å². The molecular formula is C37H48F2O3. The molecular weight excluding hydrogens is 530 g/mol. The van der Waals surface area contributed by atoms with Crippen molar-refractivity contribution in [2.45, 2.75) is 110 Å². The van der Waals surface area contributed by atoms with E-state index >= 15 is 0 Å². The lowest BCUT2D eigenvalue weighted by Crippen LogP contribution is -2.09. The molecule has 0 saturated carbocycles. The van der Waals surface area contributed by atoms with E-state index in [0.29, 0.717) is 17.7 Å². The highest BCUT2D eigenvalue weighted by molar-refractivity contribution is 5.91. The van der Waals surface area contributed by atoms with E-state index in [1.165, 1.54) is 82.4 Å². The van der Waals surface area contributed by atoms with Crippen LogP contribution in [0.4, 0.5) is 8.78 Å². The Morgan fingerprint density at radius 3 is 1.76 bits per heavy atom. The summed E-state index contributed by atoms with van der Waals surface area (Å²) in [7, 11) is 0. The van der Waals surface area contributed by atoms with E-state index < -0.39 is 17.6 Å². The maximum Gasteiger partial charge on any atom is 0.343 e. The van der Waals surface area contributed by atoms with Crippen LogP contribution in [0.2, 0.25) is 0 Å². The van der Waals surface area contributed by atoms with Gasteiger partial charge in [-0.05, 0) is 72.4 Å². The van der Waals surface area contributed by atoms with Crippen molar-refractivity contribution in [2.75, 3.05) is 6.61 Å². The number of aryl methyl sites for hydroxylation is 1. The third kappa shape index (κ3) is 11.6. The molecule has 0 saturated heterocycles. The minimum Gasteiger partial charge on any atom is -0.491 e. The molecule has 3 aromatic rings. The first-order chi connectivity index (χ1) is 20.5. The summed E-state index contributed by atoms with van der Waals surface area (Å²) in [6.07, 6.45) is 17.6. The fraction of sp³-hybridized carbons (Fsp3) is 0.486. The van der Waals surface area contributed by atoms with Gasteiger partial charge < -0.3 is 9.47 Å². The smallest absolute Gasteiger partial charge is 0.343 e. The molecule has 0 bridgehead atoms. The lowest BCUT2D eigenvalue weighted by atomic mass is 10.0. The zero-order valence-electron chi connectivity index (χ0n) is 25.6. The summed E-state index contributed by atoms with van der Waals surface area (Å²) in [5, 5.41) is 0. The van der Waals surface area contributed by atoms with Crippen molar-refractivity contribution in [3.05, 3.63) is 83.4 Å². The molecule has 0 radical (unpaired) electrons. The fourth-order valence-corrected chi connectivity index (χ4v) is 5.07. The number of unbranched alkanes of at least 4 members (excludes halogenated alkanes) is 12. The quantitative estimate of drug-likeness (QED) is 0.0760. The van der Waals surface area contributed by atoms with Gasteiger partial charge in [0, 0.05) is 0 Å². The highest BCUT2D eigenvalue weighted by Gasteiger charge is 2.14. The molecule has 3 rings (SSSR count). The topological polar surface area (TPSA) is 35.5 Å². The van der Waals surface area contributed by atoms with Crippen LogP contribution in [-0.4, -0.2) is 12.6 Å². The summed E-state index contributed by atoms with van der Waals surface area (Å²) in [6.45, 7) is 4.91. The number of carbonyl (C=O) groups is 1. The Labute approximate surface area is 251 Å². The van der Waals surface area contributed by atoms with Crippen LogP contribution in [0.25, 0.3) is 11.1 Å². The van der Waals surface area contributed by atoms with Gasteiger partial charge in [-0.3, -0.25) is 0 Å². The summed E-state index contributed by atoms with van der Waals surface area (Å²) in [4.78, 5) is 12.7. The first kappa shape index (κ1) is 33.3. The number of benzene rings is 3. The minimum absolute atomic E-state index is 0.0806. The van der Waals surface area contributed by atoms with Gasteiger partial charge >= 0.3 is 5.97 Å². The van der Waals surface area contributed by atoms with E-state index in [1.54, 1.807) is 36.4 Å². The maximum absolute atomic E-state index is 14.7. The predicted molar refractivity (Wildman–Crippen MR) is 168 cm³/mol. The summed E-state index contributed by atoms with van der Waals surface area (Å²) >= 11 is 0. The molecule has 0 amide bonds. The standard InChI is InChI=1S/C37H48F2O3/c1-3-5-7-9-10-11-12-13-15-17-29-18-24-36(33(38)27-29)42-37(40)31-21-19-30(20-22-31)32-23-25-35(34(39)28-32)41-26-16-14-8-6-4-2/h18-25,27-28H,3-17,26H2,1-2H3. The van der Waals surface area contributed by atoms with Crippen molar-refractivity contribution in [1.29, 1.82) is 0 Å². The first-order valence-corrected chi connectivity index (χ1v) is 16.0. The third-order valence-electron chi connectivity index (χ3n) is 7.66. The SMILES string of the molecule is CCCCCCCCCCCc1ccc(OC(=O)c2ccc(-c3ccc(OCCCCCCC)c(F)c3)cc2)c(F)c1. The largest absolute Gasteiger partial charge is 0.491 e. The van der Waals surface area contributed by atoms with Crippen LogP contribution >= 0.6 is 0 Å². The molecule has 5 heteroatoms. The molecule has 0 N–H and O–H groups in total. The van der Waals surface area contributed by atoms with E-state index in [-0.39, 0.29) is 11.5 Å². The minimum atomic E-state index is -0.638. The van der Waals surface area contributed by atoms with Gasteiger partial charge in [0.1, 0.15) is 0 Å². The van der Waals surface area contributed by atoms with E-state index in [0.717, 1.165) is 43.2 Å².